The number of nitrogens with one attached hydrogen (secondary N) is 2. The van der Waals surface area contributed by atoms with Crippen LogP contribution >= 0.6 is 11.6 Å². The van der Waals surface area contributed by atoms with E-state index in [0.29, 0.717) is 35.0 Å². The fourth-order valence-electron chi connectivity index (χ4n) is 3.39. The average molecular weight is 354 g/mol. The maximum Gasteiger partial charge on any atom is 0.255 e. The Kier molecular flexibility index (Phi) is 4.64. The van der Waals surface area contributed by atoms with Crippen LogP contribution in [0.15, 0.2) is 6.07 Å². The Labute approximate surface area is 147 Å². The lowest BCUT2D eigenvalue weighted by molar-refractivity contribution is 0.0474. The van der Waals surface area contributed by atoms with Crippen LogP contribution in [-0.2, 0) is 11.2 Å². The van der Waals surface area contributed by atoms with Gasteiger partial charge in [-0.25, -0.2) is 0 Å². The number of fused-ring (bicyclic) bond motifs is 1. The van der Waals surface area contributed by atoms with E-state index < -0.39 is 5.60 Å². The van der Waals surface area contributed by atoms with Crippen molar-refractivity contribution < 1.29 is 14.3 Å². The Morgan fingerprint density at radius 3 is 3.00 bits per heavy atom. The maximum absolute atomic E-state index is 12.8. The van der Waals surface area contributed by atoms with E-state index in [2.05, 4.69) is 10.6 Å². The molecule has 3 rings (SSSR count). The first kappa shape index (κ1) is 17.3. The largest absolute Gasteiger partial charge is 0.486 e. The van der Waals surface area contributed by atoms with Gasteiger partial charge in [0, 0.05) is 25.6 Å². The minimum absolute atomic E-state index is 0.0508. The summed E-state index contributed by atoms with van der Waals surface area (Å²) in [6.07, 6.45) is 1.38. The molecule has 0 aromatic heterocycles. The molecule has 0 saturated carbocycles. The van der Waals surface area contributed by atoms with Crippen molar-refractivity contribution in [1.82, 2.24) is 10.6 Å². The first-order valence-electron chi connectivity index (χ1n) is 8.16. The molecule has 0 radical (unpaired) electrons. The number of rotatable bonds is 3. The number of carbonyl (C=O) groups excluding carboxylic acids is 1. The fourth-order valence-corrected chi connectivity index (χ4v) is 3.61. The Morgan fingerprint density at radius 2 is 2.29 bits per heavy atom. The molecule has 6 nitrogen and oxygen atoms in total. The van der Waals surface area contributed by atoms with Gasteiger partial charge in [0.05, 0.1) is 28.4 Å². The van der Waals surface area contributed by atoms with Crippen molar-refractivity contribution in [1.29, 1.82) is 0 Å². The molecule has 0 bridgehead atoms. The van der Waals surface area contributed by atoms with Crippen LogP contribution in [-0.4, -0.2) is 43.9 Å². The second-order valence-electron chi connectivity index (χ2n) is 7.01. The lowest BCUT2D eigenvalue weighted by Crippen LogP contribution is -2.53. The minimum atomic E-state index is -0.403. The Hall–Kier alpha value is -1.50. The molecular formula is C17H24ClN3O3. The van der Waals surface area contributed by atoms with Crippen LogP contribution in [0.2, 0.25) is 5.02 Å². The Bertz CT molecular complexity index is 663. The molecule has 0 aliphatic carbocycles. The van der Waals surface area contributed by atoms with Gasteiger partial charge in [-0.1, -0.05) is 11.6 Å². The summed E-state index contributed by atoms with van der Waals surface area (Å²) in [6.45, 7) is 5.49. The van der Waals surface area contributed by atoms with Crippen LogP contribution in [0.3, 0.4) is 0 Å². The Morgan fingerprint density at radius 1 is 1.54 bits per heavy atom. The number of methoxy groups -OCH3 is 1. The van der Waals surface area contributed by atoms with Gasteiger partial charge >= 0.3 is 0 Å². The van der Waals surface area contributed by atoms with Crippen molar-refractivity contribution in [2.75, 3.05) is 25.9 Å². The van der Waals surface area contributed by atoms with Gasteiger partial charge in [-0.2, -0.15) is 0 Å². The number of nitrogens with two attached hydrogens (primary N) is 1. The molecule has 132 valence electrons. The summed E-state index contributed by atoms with van der Waals surface area (Å²) in [7, 11) is 1.65. The van der Waals surface area contributed by atoms with Crippen molar-refractivity contribution >= 4 is 23.2 Å². The number of anilines is 1. The molecule has 1 saturated heterocycles. The molecule has 2 heterocycles. The van der Waals surface area contributed by atoms with Crippen molar-refractivity contribution in [2.24, 2.45) is 0 Å². The van der Waals surface area contributed by atoms with E-state index in [-0.39, 0.29) is 18.1 Å². The number of halogens is 1. The summed E-state index contributed by atoms with van der Waals surface area (Å²) < 4.78 is 11.4. The second-order valence-corrected chi connectivity index (χ2v) is 7.42. The summed E-state index contributed by atoms with van der Waals surface area (Å²) >= 11 is 6.24. The molecule has 2 atom stereocenters. The second kappa shape index (κ2) is 6.43. The van der Waals surface area contributed by atoms with Gasteiger partial charge in [0.15, 0.2) is 0 Å². The molecule has 7 heteroatoms. The molecule has 4 N–H and O–H groups in total. The summed E-state index contributed by atoms with van der Waals surface area (Å²) in [5.41, 5.74) is 7.41. The third-order valence-corrected chi connectivity index (χ3v) is 4.96. The quantitative estimate of drug-likeness (QED) is 0.721. The van der Waals surface area contributed by atoms with Crippen molar-refractivity contribution in [3.05, 3.63) is 22.2 Å². The maximum atomic E-state index is 12.8. The molecule has 2 aliphatic rings. The minimum Gasteiger partial charge on any atom is -0.486 e. The molecule has 0 unspecified atom stereocenters. The van der Waals surface area contributed by atoms with Gasteiger partial charge in [0.1, 0.15) is 11.4 Å². The highest BCUT2D eigenvalue weighted by Gasteiger charge is 2.37. The normalized spacial score (nSPS) is 25.0. The van der Waals surface area contributed by atoms with Gasteiger partial charge in [-0.05, 0) is 32.9 Å². The number of hydrogen-bond acceptors (Lipinski definition) is 5. The Balaban J connectivity index is 1.88. The highest BCUT2D eigenvalue weighted by molar-refractivity contribution is 6.33. The van der Waals surface area contributed by atoms with Crippen molar-refractivity contribution in [3.8, 4) is 5.75 Å². The summed E-state index contributed by atoms with van der Waals surface area (Å²) in [4.78, 5) is 12.8. The van der Waals surface area contributed by atoms with Crippen LogP contribution in [0.25, 0.3) is 0 Å². The summed E-state index contributed by atoms with van der Waals surface area (Å²) in [5.74, 6) is 0.335. The lowest BCUT2D eigenvalue weighted by Gasteiger charge is -2.31. The lowest BCUT2D eigenvalue weighted by atomic mass is 9.98. The number of amides is 1. The van der Waals surface area contributed by atoms with E-state index in [0.717, 1.165) is 18.5 Å². The number of carbonyl (C=O) groups is 1. The smallest absolute Gasteiger partial charge is 0.255 e. The number of hydrogen-bond donors (Lipinski definition) is 3. The van der Waals surface area contributed by atoms with Gasteiger partial charge < -0.3 is 25.8 Å². The monoisotopic (exact) mass is 353 g/mol. The van der Waals surface area contributed by atoms with E-state index in [1.807, 2.05) is 13.8 Å². The van der Waals surface area contributed by atoms with Crippen LogP contribution in [0.5, 0.6) is 5.75 Å². The van der Waals surface area contributed by atoms with E-state index in [9.17, 15) is 4.79 Å². The van der Waals surface area contributed by atoms with Crippen LogP contribution in [0, 0.1) is 0 Å². The molecule has 1 amide bonds. The van der Waals surface area contributed by atoms with E-state index in [4.69, 9.17) is 26.8 Å². The number of ether oxygens (including phenoxy) is 2. The third-order valence-electron chi connectivity index (χ3n) is 4.64. The van der Waals surface area contributed by atoms with Crippen LogP contribution in [0.4, 0.5) is 5.69 Å². The number of benzene rings is 1. The van der Waals surface area contributed by atoms with E-state index >= 15 is 0 Å². The molecule has 1 fully saturated rings. The predicted molar refractivity (Wildman–Crippen MR) is 93.8 cm³/mol. The zero-order valence-electron chi connectivity index (χ0n) is 14.2. The van der Waals surface area contributed by atoms with Gasteiger partial charge in [-0.15, -0.1) is 0 Å². The number of nitrogen functional groups attached to an aromatic ring is 1. The first-order valence-corrected chi connectivity index (χ1v) is 8.54. The third kappa shape index (κ3) is 3.18. The SMILES string of the molecule is CO[C@H]1CNCC[C@H]1NC(=O)c1cc(Cl)c(N)c2c1OC(C)(C)C2. The molecule has 1 aromatic carbocycles. The van der Waals surface area contributed by atoms with Crippen LogP contribution in [0.1, 0.15) is 36.2 Å². The molecule has 0 spiro atoms. The van der Waals surface area contributed by atoms with E-state index in [1.165, 1.54) is 0 Å². The zero-order valence-corrected chi connectivity index (χ0v) is 15.0. The standard InChI is InChI=1S/C17H24ClN3O3/c1-17(2)7-10-14(19)11(18)6-9(15(10)24-17)16(22)21-12-4-5-20-8-13(12)23-3/h6,12-13,20H,4-5,7-8,19H2,1-3H3,(H,21,22)/t12-,13+/m1/s1. The first-order chi connectivity index (χ1) is 11.3. The highest BCUT2D eigenvalue weighted by Crippen LogP contribution is 2.44. The molecule has 2 aliphatic heterocycles. The fraction of sp³-hybridized carbons (Fsp3) is 0.588. The molecule has 24 heavy (non-hydrogen) atoms. The van der Waals surface area contributed by atoms with Gasteiger partial charge in [-0.3, -0.25) is 4.79 Å². The highest BCUT2D eigenvalue weighted by atomic mass is 35.5. The van der Waals surface area contributed by atoms with Crippen LogP contribution < -0.4 is 21.1 Å². The molecular weight excluding hydrogens is 330 g/mol. The zero-order chi connectivity index (χ0) is 17.5. The van der Waals surface area contributed by atoms with Gasteiger partial charge in [0.2, 0.25) is 0 Å². The summed E-state index contributed by atoms with van der Waals surface area (Å²) in [5, 5.41) is 6.70. The summed E-state index contributed by atoms with van der Waals surface area (Å²) in [6, 6.07) is 1.54. The molecule has 1 aromatic rings. The van der Waals surface area contributed by atoms with Crippen molar-refractivity contribution in [2.45, 2.75) is 44.4 Å². The average Bonchev–Trinajstić information content (AvgIpc) is 2.87. The van der Waals surface area contributed by atoms with E-state index in [1.54, 1.807) is 13.2 Å². The predicted octanol–water partition coefficient (Wildman–Crippen LogP) is 1.74. The van der Waals surface area contributed by atoms with Crippen molar-refractivity contribution in [3.63, 3.8) is 0 Å². The number of piperidine rings is 1. The van der Waals surface area contributed by atoms with Gasteiger partial charge in [0.25, 0.3) is 5.91 Å². The topological polar surface area (TPSA) is 85.6 Å².